The van der Waals surface area contributed by atoms with Crippen molar-refractivity contribution in [2.45, 2.75) is 26.2 Å². The summed E-state index contributed by atoms with van der Waals surface area (Å²) in [6.07, 6.45) is 9.86. The molecule has 74 valence electrons. The minimum Gasteiger partial charge on any atom is -0.0836 e. The molecular weight excluding hydrogens is 168 g/mol. The molecule has 0 amide bonds. The Labute approximate surface area is 87.0 Å². The first kappa shape index (κ1) is 10.8. The van der Waals surface area contributed by atoms with Gasteiger partial charge in [-0.15, -0.1) is 0 Å². The third-order valence-electron chi connectivity index (χ3n) is 2.21. The van der Waals surface area contributed by atoms with Crippen LogP contribution in [0.4, 0.5) is 0 Å². The van der Waals surface area contributed by atoms with Crippen LogP contribution in [0.3, 0.4) is 0 Å². The highest BCUT2D eigenvalue weighted by molar-refractivity contribution is 5.28. The molecule has 0 heteroatoms. The van der Waals surface area contributed by atoms with E-state index in [1.807, 2.05) is 13.8 Å². The van der Waals surface area contributed by atoms with E-state index < -0.39 is 0 Å². The standard InChI is InChI=1S/C12H12.C2H6/c1-3-7-11(8-4-1)12-9-5-2-6-10-12;1-2/h1-9,12H,10H2;1-2H3. The van der Waals surface area contributed by atoms with E-state index in [0.717, 1.165) is 6.42 Å². The van der Waals surface area contributed by atoms with Crippen molar-refractivity contribution in [1.29, 1.82) is 0 Å². The van der Waals surface area contributed by atoms with Gasteiger partial charge in [0.25, 0.3) is 0 Å². The summed E-state index contributed by atoms with van der Waals surface area (Å²) in [5.74, 6) is 0.594. The van der Waals surface area contributed by atoms with E-state index in [9.17, 15) is 0 Å². The Morgan fingerprint density at radius 3 is 2.29 bits per heavy atom. The molecule has 0 bridgehead atoms. The summed E-state index contributed by atoms with van der Waals surface area (Å²) in [4.78, 5) is 0. The summed E-state index contributed by atoms with van der Waals surface area (Å²) in [5, 5.41) is 0. The fourth-order valence-corrected chi connectivity index (χ4v) is 1.53. The Bertz CT molecular complexity index is 293. The Kier molecular flexibility index (Phi) is 4.77. The summed E-state index contributed by atoms with van der Waals surface area (Å²) in [6, 6.07) is 10.6. The Morgan fingerprint density at radius 1 is 1.00 bits per heavy atom. The first-order valence-corrected chi connectivity index (χ1v) is 5.35. The third-order valence-corrected chi connectivity index (χ3v) is 2.21. The second kappa shape index (κ2) is 6.20. The molecule has 0 radical (unpaired) electrons. The zero-order valence-electron chi connectivity index (χ0n) is 8.98. The molecule has 0 aliphatic heterocycles. The first-order chi connectivity index (χ1) is 6.97. The van der Waals surface area contributed by atoms with Gasteiger partial charge in [0, 0.05) is 5.92 Å². The van der Waals surface area contributed by atoms with Gasteiger partial charge >= 0.3 is 0 Å². The van der Waals surface area contributed by atoms with Crippen LogP contribution in [-0.2, 0) is 0 Å². The van der Waals surface area contributed by atoms with E-state index in [-0.39, 0.29) is 0 Å². The highest BCUT2D eigenvalue weighted by Crippen LogP contribution is 2.23. The maximum absolute atomic E-state index is 2.26. The third kappa shape index (κ3) is 2.88. The monoisotopic (exact) mass is 186 g/mol. The van der Waals surface area contributed by atoms with E-state index in [4.69, 9.17) is 0 Å². The average molecular weight is 186 g/mol. The van der Waals surface area contributed by atoms with Gasteiger partial charge in [-0.2, -0.15) is 0 Å². The van der Waals surface area contributed by atoms with Crippen LogP contribution in [-0.4, -0.2) is 0 Å². The fraction of sp³-hybridized carbons (Fsp3) is 0.286. The molecule has 0 saturated heterocycles. The van der Waals surface area contributed by atoms with E-state index in [1.54, 1.807) is 0 Å². The van der Waals surface area contributed by atoms with Crippen LogP contribution in [0.25, 0.3) is 0 Å². The summed E-state index contributed by atoms with van der Waals surface area (Å²) in [7, 11) is 0. The van der Waals surface area contributed by atoms with Crippen LogP contribution in [0.2, 0.25) is 0 Å². The molecule has 1 aliphatic rings. The first-order valence-electron chi connectivity index (χ1n) is 5.35. The van der Waals surface area contributed by atoms with Crippen LogP contribution in [0.15, 0.2) is 54.6 Å². The molecule has 0 aromatic heterocycles. The lowest BCUT2D eigenvalue weighted by Crippen LogP contribution is -1.94. The topological polar surface area (TPSA) is 0 Å². The quantitative estimate of drug-likeness (QED) is 0.613. The normalized spacial score (nSPS) is 18.6. The zero-order chi connectivity index (χ0) is 10.2. The van der Waals surface area contributed by atoms with Gasteiger partial charge in [0.15, 0.2) is 0 Å². The fourth-order valence-electron chi connectivity index (χ4n) is 1.53. The molecule has 1 aliphatic carbocycles. The van der Waals surface area contributed by atoms with Crippen molar-refractivity contribution in [3.05, 3.63) is 60.2 Å². The summed E-state index contributed by atoms with van der Waals surface area (Å²) in [5.41, 5.74) is 1.41. The highest BCUT2D eigenvalue weighted by atomic mass is 14.1. The Hall–Kier alpha value is -1.30. The van der Waals surface area contributed by atoms with E-state index in [0.29, 0.717) is 5.92 Å². The van der Waals surface area contributed by atoms with Crippen molar-refractivity contribution in [3.8, 4) is 0 Å². The Morgan fingerprint density at radius 2 is 1.71 bits per heavy atom. The predicted octanol–water partition coefficient (Wildman–Crippen LogP) is 4.31. The van der Waals surface area contributed by atoms with Gasteiger partial charge in [-0.25, -0.2) is 0 Å². The summed E-state index contributed by atoms with van der Waals surface area (Å²) >= 11 is 0. The molecule has 1 unspecified atom stereocenters. The maximum atomic E-state index is 2.26. The van der Waals surface area contributed by atoms with Gasteiger partial charge < -0.3 is 0 Å². The van der Waals surface area contributed by atoms with Crippen LogP contribution in [0, 0.1) is 0 Å². The summed E-state index contributed by atoms with van der Waals surface area (Å²) < 4.78 is 0. The van der Waals surface area contributed by atoms with Crippen molar-refractivity contribution in [2.75, 3.05) is 0 Å². The lowest BCUT2D eigenvalue weighted by Gasteiger charge is -2.12. The number of rotatable bonds is 1. The van der Waals surface area contributed by atoms with Crippen LogP contribution in [0.1, 0.15) is 31.7 Å². The van der Waals surface area contributed by atoms with Crippen LogP contribution >= 0.6 is 0 Å². The molecule has 0 heterocycles. The van der Waals surface area contributed by atoms with Gasteiger partial charge in [-0.05, 0) is 12.0 Å². The van der Waals surface area contributed by atoms with E-state index in [1.165, 1.54) is 5.56 Å². The van der Waals surface area contributed by atoms with Crippen LogP contribution < -0.4 is 0 Å². The predicted molar refractivity (Wildman–Crippen MR) is 63.4 cm³/mol. The van der Waals surface area contributed by atoms with Crippen LogP contribution in [0.5, 0.6) is 0 Å². The Balaban J connectivity index is 0.000000461. The van der Waals surface area contributed by atoms with Gasteiger partial charge in [-0.1, -0.05) is 68.5 Å². The second-order valence-electron chi connectivity index (χ2n) is 3.07. The van der Waals surface area contributed by atoms with E-state index >= 15 is 0 Å². The summed E-state index contributed by atoms with van der Waals surface area (Å²) in [6.45, 7) is 4.00. The minimum absolute atomic E-state index is 0.594. The molecule has 0 nitrogen and oxygen atoms in total. The van der Waals surface area contributed by atoms with Crippen molar-refractivity contribution < 1.29 is 0 Å². The lowest BCUT2D eigenvalue weighted by atomic mass is 9.93. The SMILES string of the molecule is C1=CCC(c2ccccc2)C=C1.CC. The number of benzene rings is 1. The molecule has 0 fully saturated rings. The molecule has 2 rings (SSSR count). The van der Waals surface area contributed by atoms with Crippen molar-refractivity contribution in [3.63, 3.8) is 0 Å². The zero-order valence-corrected chi connectivity index (χ0v) is 8.98. The second-order valence-corrected chi connectivity index (χ2v) is 3.07. The highest BCUT2D eigenvalue weighted by Gasteiger charge is 2.06. The van der Waals surface area contributed by atoms with Gasteiger partial charge in [0.2, 0.25) is 0 Å². The van der Waals surface area contributed by atoms with Gasteiger partial charge in [0.1, 0.15) is 0 Å². The molecule has 0 saturated carbocycles. The minimum atomic E-state index is 0.594. The number of allylic oxidation sites excluding steroid dienone is 4. The number of hydrogen-bond donors (Lipinski definition) is 0. The number of hydrogen-bond acceptors (Lipinski definition) is 0. The molecule has 14 heavy (non-hydrogen) atoms. The molecular formula is C14H18. The van der Waals surface area contributed by atoms with Crippen molar-refractivity contribution >= 4 is 0 Å². The lowest BCUT2D eigenvalue weighted by molar-refractivity contribution is 0.854. The largest absolute Gasteiger partial charge is 0.0836 e. The molecule has 0 spiro atoms. The average Bonchev–Trinajstić information content (AvgIpc) is 2.34. The van der Waals surface area contributed by atoms with Gasteiger partial charge in [-0.3, -0.25) is 0 Å². The molecule has 1 aromatic carbocycles. The van der Waals surface area contributed by atoms with Gasteiger partial charge in [0.05, 0.1) is 0 Å². The molecule has 1 atom stereocenters. The molecule has 1 aromatic rings. The maximum Gasteiger partial charge on any atom is 0.00557 e. The smallest absolute Gasteiger partial charge is 0.00557 e. The molecule has 0 N–H and O–H groups in total. The van der Waals surface area contributed by atoms with Crippen molar-refractivity contribution in [1.82, 2.24) is 0 Å². The van der Waals surface area contributed by atoms with Crippen molar-refractivity contribution in [2.24, 2.45) is 0 Å². The van der Waals surface area contributed by atoms with E-state index in [2.05, 4.69) is 54.6 Å².